The van der Waals surface area contributed by atoms with Crippen LogP contribution in [0.3, 0.4) is 0 Å². The summed E-state index contributed by atoms with van der Waals surface area (Å²) in [5.74, 6) is -0.372. The second kappa shape index (κ2) is 10.3. The number of amides is 1. The van der Waals surface area contributed by atoms with E-state index in [1.54, 1.807) is 26.0 Å². The van der Waals surface area contributed by atoms with Crippen molar-refractivity contribution >= 4 is 23.4 Å². The first-order chi connectivity index (χ1) is 16.0. The molecule has 0 saturated heterocycles. The van der Waals surface area contributed by atoms with Gasteiger partial charge in [0.1, 0.15) is 0 Å². The molecule has 6 nitrogen and oxygen atoms in total. The first-order valence-corrected chi connectivity index (χ1v) is 11.3. The van der Waals surface area contributed by atoms with E-state index in [0.29, 0.717) is 0 Å². The van der Waals surface area contributed by atoms with E-state index in [9.17, 15) is 9.18 Å². The number of rotatable bonds is 8. The van der Waals surface area contributed by atoms with E-state index < -0.39 is 17.2 Å². The van der Waals surface area contributed by atoms with Gasteiger partial charge in [-0.15, -0.1) is 10.2 Å². The second-order valence-electron chi connectivity index (χ2n) is 7.26. The molecule has 0 unspecified atom stereocenters. The monoisotopic (exact) mass is 463 g/mol. The van der Waals surface area contributed by atoms with Gasteiger partial charge >= 0.3 is 0 Å². The topological polar surface area (TPSA) is 77.2 Å². The Labute approximate surface area is 195 Å². The summed E-state index contributed by atoms with van der Waals surface area (Å²) < 4.78 is 25.0. The maximum atomic E-state index is 13.8. The van der Waals surface area contributed by atoms with Crippen LogP contribution in [-0.4, -0.2) is 21.4 Å². The third-order valence-electron chi connectivity index (χ3n) is 4.83. The zero-order valence-electron chi connectivity index (χ0n) is 18.1. The molecule has 0 aliphatic heterocycles. The summed E-state index contributed by atoms with van der Waals surface area (Å²) in [6.07, 6.45) is -0.648. The Morgan fingerprint density at radius 2 is 1.67 bits per heavy atom. The molecule has 0 radical (unpaired) electrons. The van der Waals surface area contributed by atoms with E-state index in [2.05, 4.69) is 15.5 Å². The second-order valence-corrected chi connectivity index (χ2v) is 8.55. The molecule has 1 heterocycles. The third kappa shape index (κ3) is 5.59. The SMILES string of the molecule is C[C@H](Oc1ccccc1F)c1nnc(S[C@H](C)C(=O)Nc2ccccc2-c2ccccc2)o1. The molecule has 33 heavy (non-hydrogen) atoms. The summed E-state index contributed by atoms with van der Waals surface area (Å²) in [4.78, 5) is 12.8. The minimum absolute atomic E-state index is 0.0993. The van der Waals surface area contributed by atoms with Gasteiger partial charge < -0.3 is 14.5 Å². The van der Waals surface area contributed by atoms with E-state index in [0.717, 1.165) is 28.6 Å². The number of para-hydroxylation sites is 2. The Kier molecular flexibility index (Phi) is 7.04. The van der Waals surface area contributed by atoms with Gasteiger partial charge in [0.2, 0.25) is 5.91 Å². The Morgan fingerprint density at radius 3 is 2.45 bits per heavy atom. The normalized spacial score (nSPS) is 12.7. The molecule has 8 heteroatoms. The first kappa shape index (κ1) is 22.5. The number of anilines is 1. The van der Waals surface area contributed by atoms with E-state index in [1.807, 2.05) is 54.6 Å². The number of hydrogen-bond donors (Lipinski definition) is 1. The quantitative estimate of drug-likeness (QED) is 0.317. The van der Waals surface area contributed by atoms with Crippen molar-refractivity contribution in [2.45, 2.75) is 30.4 Å². The van der Waals surface area contributed by atoms with Crippen LogP contribution in [0.5, 0.6) is 5.75 Å². The highest BCUT2D eigenvalue weighted by Gasteiger charge is 2.22. The number of ether oxygens (including phenoxy) is 1. The molecule has 0 fully saturated rings. The molecule has 0 aliphatic carbocycles. The minimum Gasteiger partial charge on any atom is -0.478 e. The number of hydrogen-bond acceptors (Lipinski definition) is 6. The number of benzene rings is 3. The number of halogens is 1. The van der Waals surface area contributed by atoms with Crippen LogP contribution in [0.25, 0.3) is 11.1 Å². The predicted octanol–water partition coefficient (Wildman–Crippen LogP) is 6.14. The maximum absolute atomic E-state index is 13.8. The highest BCUT2D eigenvalue weighted by molar-refractivity contribution is 8.00. The molecule has 2 atom stereocenters. The molecule has 0 spiro atoms. The highest BCUT2D eigenvalue weighted by Crippen LogP contribution is 2.30. The summed E-state index contributed by atoms with van der Waals surface area (Å²) >= 11 is 1.14. The zero-order chi connectivity index (χ0) is 23.2. The molecular weight excluding hydrogens is 441 g/mol. The third-order valence-corrected chi connectivity index (χ3v) is 5.76. The molecule has 0 aliphatic rings. The fourth-order valence-electron chi connectivity index (χ4n) is 3.11. The van der Waals surface area contributed by atoms with Crippen molar-refractivity contribution in [1.82, 2.24) is 10.2 Å². The Balaban J connectivity index is 1.40. The maximum Gasteiger partial charge on any atom is 0.277 e. The summed E-state index contributed by atoms with van der Waals surface area (Å²) in [6.45, 7) is 3.44. The number of carbonyl (C=O) groups excluding carboxylic acids is 1. The van der Waals surface area contributed by atoms with Crippen LogP contribution >= 0.6 is 11.8 Å². The minimum atomic E-state index is -0.648. The lowest BCUT2D eigenvalue weighted by Gasteiger charge is -2.14. The van der Waals surface area contributed by atoms with Crippen molar-refractivity contribution in [2.24, 2.45) is 0 Å². The van der Waals surface area contributed by atoms with E-state index in [-0.39, 0.29) is 22.8 Å². The van der Waals surface area contributed by atoms with Crippen LogP contribution < -0.4 is 10.1 Å². The lowest BCUT2D eigenvalue weighted by molar-refractivity contribution is -0.115. The van der Waals surface area contributed by atoms with Crippen molar-refractivity contribution in [3.8, 4) is 16.9 Å². The van der Waals surface area contributed by atoms with Crippen LogP contribution in [0.15, 0.2) is 88.5 Å². The fraction of sp³-hybridized carbons (Fsp3) is 0.160. The summed E-state index contributed by atoms with van der Waals surface area (Å²) in [5, 5.41) is 10.7. The summed E-state index contributed by atoms with van der Waals surface area (Å²) in [5.41, 5.74) is 2.67. The van der Waals surface area contributed by atoms with E-state index >= 15 is 0 Å². The molecule has 4 rings (SSSR count). The average molecular weight is 464 g/mol. The Morgan fingerprint density at radius 1 is 0.970 bits per heavy atom. The molecule has 3 aromatic carbocycles. The molecule has 1 aromatic heterocycles. The number of carbonyl (C=O) groups is 1. The molecular formula is C25H22FN3O3S. The lowest BCUT2D eigenvalue weighted by atomic mass is 10.0. The zero-order valence-corrected chi connectivity index (χ0v) is 18.9. The average Bonchev–Trinajstić information content (AvgIpc) is 3.30. The van der Waals surface area contributed by atoms with Gasteiger partial charge in [0.25, 0.3) is 11.1 Å². The predicted molar refractivity (Wildman–Crippen MR) is 126 cm³/mol. The summed E-state index contributed by atoms with van der Waals surface area (Å²) in [7, 11) is 0. The number of aromatic nitrogens is 2. The van der Waals surface area contributed by atoms with E-state index in [1.165, 1.54) is 12.1 Å². The van der Waals surface area contributed by atoms with Gasteiger partial charge in [0.05, 0.1) is 5.25 Å². The molecule has 1 amide bonds. The molecule has 1 N–H and O–H groups in total. The largest absolute Gasteiger partial charge is 0.478 e. The Bertz CT molecular complexity index is 1230. The van der Waals surface area contributed by atoms with Crippen molar-refractivity contribution in [3.63, 3.8) is 0 Å². The standard InChI is InChI=1S/C25H22FN3O3S/c1-16(31-22-15-9-7-13-20(22)26)24-28-29-25(32-24)33-17(2)23(30)27-21-14-8-6-12-19(21)18-10-4-3-5-11-18/h3-17H,1-2H3,(H,27,30)/t16-,17+/m0/s1. The van der Waals surface area contributed by atoms with Gasteiger partial charge in [-0.05, 0) is 37.6 Å². The van der Waals surface area contributed by atoms with Crippen LogP contribution in [0, 0.1) is 5.82 Å². The molecule has 0 bridgehead atoms. The summed E-state index contributed by atoms with van der Waals surface area (Å²) in [6, 6.07) is 23.6. The van der Waals surface area contributed by atoms with Gasteiger partial charge in [-0.2, -0.15) is 0 Å². The van der Waals surface area contributed by atoms with Crippen molar-refractivity contribution in [1.29, 1.82) is 0 Å². The van der Waals surface area contributed by atoms with Gasteiger partial charge in [0.15, 0.2) is 17.7 Å². The molecule has 168 valence electrons. The highest BCUT2D eigenvalue weighted by atomic mass is 32.2. The van der Waals surface area contributed by atoms with Crippen molar-refractivity contribution < 1.29 is 18.3 Å². The van der Waals surface area contributed by atoms with Crippen LogP contribution in [0.4, 0.5) is 10.1 Å². The Hall–Kier alpha value is -3.65. The van der Waals surface area contributed by atoms with Crippen LogP contribution in [0.1, 0.15) is 25.8 Å². The lowest BCUT2D eigenvalue weighted by Crippen LogP contribution is -2.22. The van der Waals surface area contributed by atoms with Crippen LogP contribution in [-0.2, 0) is 4.79 Å². The van der Waals surface area contributed by atoms with Gasteiger partial charge in [-0.25, -0.2) is 4.39 Å². The first-order valence-electron chi connectivity index (χ1n) is 10.4. The van der Waals surface area contributed by atoms with Crippen LogP contribution in [0.2, 0.25) is 0 Å². The van der Waals surface area contributed by atoms with E-state index in [4.69, 9.17) is 9.15 Å². The fourth-order valence-corrected chi connectivity index (χ4v) is 3.80. The van der Waals surface area contributed by atoms with Gasteiger partial charge in [-0.3, -0.25) is 4.79 Å². The molecule has 0 saturated carbocycles. The van der Waals surface area contributed by atoms with Gasteiger partial charge in [-0.1, -0.05) is 72.4 Å². The van der Waals surface area contributed by atoms with Crippen molar-refractivity contribution in [2.75, 3.05) is 5.32 Å². The molecule has 4 aromatic rings. The number of thioether (sulfide) groups is 1. The van der Waals surface area contributed by atoms with Gasteiger partial charge in [0, 0.05) is 11.3 Å². The number of nitrogens with zero attached hydrogens (tertiary/aromatic N) is 2. The smallest absolute Gasteiger partial charge is 0.277 e. The van der Waals surface area contributed by atoms with Crippen molar-refractivity contribution in [3.05, 3.63) is 90.6 Å². The number of nitrogens with one attached hydrogen (secondary N) is 1.